The van der Waals surface area contributed by atoms with Crippen LogP contribution in [0.2, 0.25) is 0 Å². The summed E-state index contributed by atoms with van der Waals surface area (Å²) in [6.07, 6.45) is 0. The van der Waals surface area contributed by atoms with E-state index in [0.29, 0.717) is 14.5 Å². The van der Waals surface area contributed by atoms with E-state index in [1.54, 1.807) is 0 Å². The normalized spacial score (nSPS) is 10.2. The predicted octanol–water partition coefficient (Wildman–Crippen LogP) is 1.70. The first kappa shape index (κ1) is 5.28. The van der Waals surface area contributed by atoms with E-state index in [4.69, 9.17) is 0 Å². The number of hydrogen-bond acceptors (Lipinski definition) is 0. The average molecular weight is 180 g/mol. The van der Waals surface area contributed by atoms with Crippen molar-refractivity contribution in [3.63, 3.8) is 0 Å². The molecule has 0 aliphatic heterocycles. The summed E-state index contributed by atoms with van der Waals surface area (Å²) in [6, 6.07) is 8.37. The van der Waals surface area contributed by atoms with E-state index in [9.17, 15) is 0 Å². The van der Waals surface area contributed by atoms with Crippen LogP contribution >= 0.6 is 0 Å². The molecule has 2 aromatic rings. The van der Waals surface area contributed by atoms with E-state index >= 15 is 0 Å². The van der Waals surface area contributed by atoms with Gasteiger partial charge in [-0.1, -0.05) is 0 Å². The Morgan fingerprint density at radius 1 is 1.22 bits per heavy atom. The van der Waals surface area contributed by atoms with Crippen molar-refractivity contribution in [3.8, 4) is 0 Å². The third-order valence-electron chi connectivity index (χ3n) is 1.32. The Morgan fingerprint density at radius 3 is 3.00 bits per heavy atom. The summed E-state index contributed by atoms with van der Waals surface area (Å²) in [5.74, 6) is 0. The summed E-state index contributed by atoms with van der Waals surface area (Å²) in [5.41, 5.74) is 0. The van der Waals surface area contributed by atoms with Crippen molar-refractivity contribution in [2.45, 2.75) is 0 Å². The molecule has 0 aliphatic rings. The van der Waals surface area contributed by atoms with Gasteiger partial charge in [0.1, 0.15) is 0 Å². The van der Waals surface area contributed by atoms with Crippen molar-refractivity contribution in [1.82, 2.24) is 0 Å². The number of fused-ring (bicyclic) bond motifs is 1. The van der Waals surface area contributed by atoms with Gasteiger partial charge in [-0.25, -0.2) is 0 Å². The Bertz CT molecular complexity index is 279. The van der Waals surface area contributed by atoms with E-state index in [1.807, 2.05) is 0 Å². The van der Waals surface area contributed by atoms with Crippen LogP contribution in [0.4, 0.5) is 0 Å². The molecule has 0 bridgehead atoms. The van der Waals surface area contributed by atoms with Gasteiger partial charge >= 0.3 is 59.4 Å². The molecule has 1 aromatic carbocycles. The summed E-state index contributed by atoms with van der Waals surface area (Å²) < 4.78 is 0. The first-order valence-corrected chi connectivity index (χ1v) is 4.65. The van der Waals surface area contributed by atoms with Gasteiger partial charge in [0.05, 0.1) is 0 Å². The second kappa shape index (κ2) is 2.02. The number of rotatable bonds is 0. The molecule has 0 fully saturated rings. The Balaban J connectivity index is 2.95. The summed E-state index contributed by atoms with van der Waals surface area (Å²) in [6.45, 7) is 0. The van der Waals surface area contributed by atoms with E-state index in [-0.39, 0.29) is 0 Å². The number of benzene rings is 1. The molecule has 43 valence electrons. The molecule has 0 amide bonds. The summed E-state index contributed by atoms with van der Waals surface area (Å²) in [4.78, 5) is 5.56. The Labute approximate surface area is 59.9 Å². The van der Waals surface area contributed by atoms with Gasteiger partial charge < -0.3 is 0 Å². The summed E-state index contributed by atoms with van der Waals surface area (Å²) in [7, 11) is 0. The maximum atomic E-state index is 3.31. The molecule has 1 aromatic heterocycles. The van der Waals surface area contributed by atoms with Gasteiger partial charge in [0, 0.05) is 0 Å². The number of hydrogen-bond donors (Lipinski definition) is 0. The van der Waals surface area contributed by atoms with Crippen molar-refractivity contribution in [2.75, 3.05) is 0 Å². The first-order chi connectivity index (χ1) is 4.47. The van der Waals surface area contributed by atoms with Gasteiger partial charge in [0.15, 0.2) is 0 Å². The van der Waals surface area contributed by atoms with Crippen molar-refractivity contribution < 1.29 is 0 Å². The van der Waals surface area contributed by atoms with Crippen molar-refractivity contribution in [3.05, 3.63) is 34.1 Å². The van der Waals surface area contributed by atoms with Crippen LogP contribution in [0.3, 0.4) is 0 Å². The second-order valence-electron chi connectivity index (χ2n) is 1.93. The van der Waals surface area contributed by atoms with Gasteiger partial charge in [0.25, 0.3) is 0 Å². The molecule has 0 aliphatic carbocycles. The van der Waals surface area contributed by atoms with E-state index < -0.39 is 0 Å². The molecule has 0 N–H and O–H groups in total. The predicted molar refractivity (Wildman–Crippen MR) is 39.7 cm³/mol. The minimum absolute atomic E-state index is 0.504. The van der Waals surface area contributed by atoms with Crippen LogP contribution in [-0.2, 0) is 0 Å². The third-order valence-corrected chi connectivity index (χ3v) is 2.80. The fourth-order valence-corrected chi connectivity index (χ4v) is 2.33. The minimum atomic E-state index is 0.504. The van der Waals surface area contributed by atoms with Crippen LogP contribution in [0.15, 0.2) is 29.2 Å². The molecule has 2 rings (SSSR count). The average Bonchev–Trinajstić information content (AvgIpc) is 2.33. The van der Waals surface area contributed by atoms with Crippen molar-refractivity contribution >= 4 is 25.3 Å². The zero-order chi connectivity index (χ0) is 6.10. The van der Waals surface area contributed by atoms with Gasteiger partial charge in [-0.05, 0) is 0 Å². The van der Waals surface area contributed by atoms with E-state index in [1.165, 1.54) is 10.8 Å². The topological polar surface area (TPSA) is 0 Å². The Morgan fingerprint density at radius 2 is 2.11 bits per heavy atom. The van der Waals surface area contributed by atoms with Gasteiger partial charge in [-0.2, -0.15) is 0 Å². The molecule has 9 heavy (non-hydrogen) atoms. The van der Waals surface area contributed by atoms with Crippen LogP contribution in [0, 0.1) is 4.94 Å². The second-order valence-corrected chi connectivity index (χ2v) is 3.34. The molecule has 1 radical (unpaired) electrons. The molecule has 0 unspecified atom stereocenters. The molecule has 1 heterocycles. The zero-order valence-corrected chi connectivity index (χ0v) is 6.51. The van der Waals surface area contributed by atoms with Crippen LogP contribution in [-0.4, -0.2) is 14.5 Å². The van der Waals surface area contributed by atoms with Gasteiger partial charge in [0.2, 0.25) is 0 Å². The van der Waals surface area contributed by atoms with Crippen LogP contribution in [0.1, 0.15) is 0 Å². The third kappa shape index (κ3) is 0.827. The molecule has 0 nitrogen and oxygen atoms in total. The Kier molecular flexibility index (Phi) is 1.18. The van der Waals surface area contributed by atoms with E-state index in [0.717, 1.165) is 0 Å². The molecular formula is C8H5Se. The van der Waals surface area contributed by atoms with Crippen LogP contribution in [0.5, 0.6) is 0 Å². The molecule has 0 atom stereocenters. The SMILES string of the molecule is [c]1[se]cc2ccccc12. The van der Waals surface area contributed by atoms with Crippen LogP contribution < -0.4 is 0 Å². The summed E-state index contributed by atoms with van der Waals surface area (Å²) in [5, 5.41) is 2.65. The molecule has 0 saturated carbocycles. The zero-order valence-electron chi connectivity index (χ0n) is 4.79. The first-order valence-electron chi connectivity index (χ1n) is 2.81. The quantitative estimate of drug-likeness (QED) is 0.541. The maximum absolute atomic E-state index is 3.31. The fourth-order valence-electron chi connectivity index (χ4n) is 0.849. The van der Waals surface area contributed by atoms with Crippen LogP contribution in [0.25, 0.3) is 10.8 Å². The Hall–Kier alpha value is -0.521. The van der Waals surface area contributed by atoms with Crippen molar-refractivity contribution in [1.29, 1.82) is 0 Å². The van der Waals surface area contributed by atoms with E-state index in [2.05, 4.69) is 34.1 Å². The molecule has 1 heteroatoms. The summed E-state index contributed by atoms with van der Waals surface area (Å²) >= 11 is 0.504. The molecule has 0 spiro atoms. The van der Waals surface area contributed by atoms with Gasteiger partial charge in [-0.15, -0.1) is 0 Å². The molecular weight excluding hydrogens is 175 g/mol. The van der Waals surface area contributed by atoms with Crippen molar-refractivity contribution in [2.24, 2.45) is 0 Å². The standard InChI is InChI=1S/C8H5Se/c1-2-4-8-6-9-5-7(8)3-1/h1-5H. The monoisotopic (exact) mass is 181 g/mol. The fraction of sp³-hybridized carbons (Fsp3) is 0. The molecule has 0 saturated heterocycles. The van der Waals surface area contributed by atoms with Gasteiger partial charge in [-0.3, -0.25) is 0 Å².